The molecule has 0 N–H and O–H groups in total. The summed E-state index contributed by atoms with van der Waals surface area (Å²) in [5, 5.41) is 13.8. The average Bonchev–Trinajstić information content (AvgIpc) is 3.45. The summed E-state index contributed by atoms with van der Waals surface area (Å²) in [5.74, 6) is -0.410. The Balaban J connectivity index is 2.06. The number of nitro groups is 1. The van der Waals surface area contributed by atoms with Crippen molar-refractivity contribution in [3.05, 3.63) is 44.1 Å². The van der Waals surface area contributed by atoms with Gasteiger partial charge in [-0.15, -0.1) is 11.3 Å². The van der Waals surface area contributed by atoms with Crippen LogP contribution in [0.1, 0.15) is 28.1 Å². The van der Waals surface area contributed by atoms with Crippen molar-refractivity contribution in [2.45, 2.75) is 25.5 Å². The molecule has 1 unspecified atom stereocenters. The molecule has 30 heavy (non-hydrogen) atoms. The van der Waals surface area contributed by atoms with E-state index in [0.29, 0.717) is 19.7 Å². The van der Waals surface area contributed by atoms with E-state index >= 15 is 0 Å². The lowest BCUT2D eigenvalue weighted by molar-refractivity contribution is -0.386. The number of carbonyl (C=O) groups is 1. The second-order valence-electron chi connectivity index (χ2n) is 6.70. The van der Waals surface area contributed by atoms with Gasteiger partial charge in [-0.1, -0.05) is 6.07 Å². The van der Waals surface area contributed by atoms with Crippen molar-refractivity contribution in [2.75, 3.05) is 34.5 Å². The van der Waals surface area contributed by atoms with Crippen LogP contribution in [0.5, 0.6) is 17.2 Å². The SMILES string of the molecule is COc1cc(C(=O)N(Cc2cccs2)CC2CCCO2)c([N+](=O)[O-])c(OC)c1OC. The molecule has 10 heteroatoms. The molecule has 1 atom stereocenters. The fourth-order valence-electron chi connectivity index (χ4n) is 3.50. The highest BCUT2D eigenvalue weighted by Crippen LogP contribution is 2.46. The highest BCUT2D eigenvalue weighted by Gasteiger charge is 2.35. The molecule has 0 aliphatic carbocycles. The number of hydrogen-bond acceptors (Lipinski definition) is 8. The zero-order chi connectivity index (χ0) is 21.7. The Morgan fingerprint density at radius 3 is 2.60 bits per heavy atom. The highest BCUT2D eigenvalue weighted by molar-refractivity contribution is 7.09. The molecule has 1 aromatic heterocycles. The van der Waals surface area contributed by atoms with E-state index in [4.69, 9.17) is 18.9 Å². The van der Waals surface area contributed by atoms with Crippen LogP contribution in [-0.2, 0) is 11.3 Å². The first-order chi connectivity index (χ1) is 14.5. The summed E-state index contributed by atoms with van der Waals surface area (Å²) < 4.78 is 21.5. The maximum absolute atomic E-state index is 13.5. The maximum atomic E-state index is 13.5. The number of nitrogens with zero attached hydrogens (tertiary/aromatic N) is 2. The number of nitro benzene ring substituents is 1. The second-order valence-corrected chi connectivity index (χ2v) is 7.73. The van der Waals surface area contributed by atoms with Gasteiger partial charge in [-0.3, -0.25) is 14.9 Å². The van der Waals surface area contributed by atoms with E-state index in [-0.39, 0.29) is 28.9 Å². The first kappa shape index (κ1) is 21.8. The molecule has 0 radical (unpaired) electrons. The molecule has 2 aromatic rings. The molecular weight excluding hydrogens is 412 g/mol. The van der Waals surface area contributed by atoms with E-state index in [2.05, 4.69) is 0 Å². The van der Waals surface area contributed by atoms with E-state index < -0.39 is 16.5 Å². The Hall–Kier alpha value is -2.85. The van der Waals surface area contributed by atoms with Crippen LogP contribution in [0, 0.1) is 10.1 Å². The standard InChI is InChI=1S/C20H24N2O7S/c1-26-16-10-15(17(22(24)25)19(28-3)18(16)27-2)20(23)21(11-13-6-4-8-29-13)12-14-7-5-9-30-14/h5,7,9-10,13H,4,6,8,11-12H2,1-3H3. The first-order valence-corrected chi connectivity index (χ1v) is 10.3. The quantitative estimate of drug-likeness (QED) is 0.438. The minimum absolute atomic E-state index is 0.0622. The Morgan fingerprint density at radius 2 is 2.07 bits per heavy atom. The van der Waals surface area contributed by atoms with E-state index in [1.807, 2.05) is 17.5 Å². The van der Waals surface area contributed by atoms with E-state index in [1.54, 1.807) is 4.90 Å². The average molecular weight is 436 g/mol. The second kappa shape index (κ2) is 9.77. The van der Waals surface area contributed by atoms with Crippen molar-refractivity contribution >= 4 is 22.9 Å². The smallest absolute Gasteiger partial charge is 0.327 e. The van der Waals surface area contributed by atoms with Gasteiger partial charge in [0.25, 0.3) is 5.91 Å². The monoisotopic (exact) mass is 436 g/mol. The Bertz CT molecular complexity index is 895. The number of amides is 1. The van der Waals surface area contributed by atoms with Crippen LogP contribution >= 0.6 is 11.3 Å². The Morgan fingerprint density at radius 1 is 1.30 bits per heavy atom. The number of thiophene rings is 1. The van der Waals surface area contributed by atoms with E-state index in [9.17, 15) is 14.9 Å². The fraction of sp³-hybridized carbons (Fsp3) is 0.450. The zero-order valence-electron chi connectivity index (χ0n) is 17.1. The van der Waals surface area contributed by atoms with Crippen LogP contribution in [0.3, 0.4) is 0 Å². The maximum Gasteiger partial charge on any atom is 0.327 e. The summed E-state index contributed by atoms with van der Waals surface area (Å²) in [6, 6.07) is 5.15. The van der Waals surface area contributed by atoms with Gasteiger partial charge in [0.1, 0.15) is 5.56 Å². The zero-order valence-corrected chi connectivity index (χ0v) is 17.9. The van der Waals surface area contributed by atoms with Crippen molar-refractivity contribution in [2.24, 2.45) is 0 Å². The van der Waals surface area contributed by atoms with Gasteiger partial charge in [0.15, 0.2) is 5.75 Å². The molecule has 0 saturated carbocycles. The van der Waals surface area contributed by atoms with E-state index in [1.165, 1.54) is 38.7 Å². The van der Waals surface area contributed by atoms with Crippen molar-refractivity contribution < 1.29 is 28.7 Å². The van der Waals surface area contributed by atoms with Crippen LogP contribution in [0.25, 0.3) is 0 Å². The molecule has 1 fully saturated rings. The fourth-order valence-corrected chi connectivity index (χ4v) is 4.22. The van der Waals surface area contributed by atoms with Gasteiger partial charge in [-0.2, -0.15) is 0 Å². The van der Waals surface area contributed by atoms with Crippen LogP contribution in [0.2, 0.25) is 0 Å². The normalized spacial score (nSPS) is 15.6. The predicted molar refractivity (Wildman–Crippen MR) is 111 cm³/mol. The minimum atomic E-state index is -0.635. The summed E-state index contributed by atoms with van der Waals surface area (Å²) in [7, 11) is 4.04. The molecule has 1 amide bonds. The first-order valence-electron chi connectivity index (χ1n) is 9.40. The number of benzene rings is 1. The molecule has 1 saturated heterocycles. The van der Waals surface area contributed by atoms with Gasteiger partial charge in [0, 0.05) is 24.1 Å². The number of hydrogen-bond donors (Lipinski definition) is 0. The highest BCUT2D eigenvalue weighted by atomic mass is 32.1. The van der Waals surface area contributed by atoms with Gasteiger partial charge in [-0.25, -0.2) is 0 Å². The van der Waals surface area contributed by atoms with Crippen LogP contribution in [-0.4, -0.2) is 56.3 Å². The molecule has 1 aliphatic heterocycles. The third kappa shape index (κ3) is 4.49. The number of rotatable bonds is 9. The number of ether oxygens (including phenoxy) is 4. The van der Waals surface area contributed by atoms with E-state index in [0.717, 1.165) is 17.7 Å². The minimum Gasteiger partial charge on any atom is -0.493 e. The third-order valence-electron chi connectivity index (χ3n) is 4.88. The summed E-state index contributed by atoms with van der Waals surface area (Å²) in [4.78, 5) is 27.3. The van der Waals surface area contributed by atoms with Crippen LogP contribution in [0.4, 0.5) is 5.69 Å². The summed E-state index contributed by atoms with van der Waals surface area (Å²) in [6.07, 6.45) is 1.66. The molecule has 3 rings (SSSR count). The molecule has 0 bridgehead atoms. The summed E-state index contributed by atoms with van der Waals surface area (Å²) in [5.41, 5.74) is -0.576. The van der Waals surface area contributed by atoms with Gasteiger partial charge >= 0.3 is 5.69 Å². The molecule has 9 nitrogen and oxygen atoms in total. The number of carbonyl (C=O) groups excluding carboxylic acids is 1. The number of methoxy groups -OCH3 is 3. The lowest BCUT2D eigenvalue weighted by Crippen LogP contribution is -2.37. The lowest BCUT2D eigenvalue weighted by atomic mass is 10.1. The Kier molecular flexibility index (Phi) is 7.11. The molecule has 1 aliphatic rings. The van der Waals surface area contributed by atoms with Gasteiger partial charge in [-0.05, 0) is 24.3 Å². The predicted octanol–water partition coefficient (Wildman–Crippen LogP) is 3.50. The lowest BCUT2D eigenvalue weighted by Gasteiger charge is -2.25. The molecule has 1 aromatic carbocycles. The van der Waals surface area contributed by atoms with Crippen molar-refractivity contribution in [3.8, 4) is 17.2 Å². The Labute approximate surface area is 178 Å². The topological polar surface area (TPSA) is 100 Å². The van der Waals surface area contributed by atoms with Gasteiger partial charge < -0.3 is 23.8 Å². The molecule has 0 spiro atoms. The van der Waals surface area contributed by atoms with Crippen LogP contribution in [0.15, 0.2) is 23.6 Å². The molecular formula is C20H24N2O7S. The van der Waals surface area contributed by atoms with Gasteiger partial charge in [0.05, 0.1) is 38.9 Å². The molecule has 2 heterocycles. The largest absolute Gasteiger partial charge is 0.493 e. The summed E-state index contributed by atoms with van der Waals surface area (Å²) >= 11 is 1.52. The van der Waals surface area contributed by atoms with Crippen molar-refractivity contribution in [3.63, 3.8) is 0 Å². The molecule has 162 valence electrons. The van der Waals surface area contributed by atoms with Crippen molar-refractivity contribution in [1.82, 2.24) is 4.90 Å². The van der Waals surface area contributed by atoms with Gasteiger partial charge in [0.2, 0.25) is 11.5 Å². The summed E-state index contributed by atoms with van der Waals surface area (Å²) in [6.45, 7) is 1.31. The van der Waals surface area contributed by atoms with Crippen LogP contribution < -0.4 is 14.2 Å². The van der Waals surface area contributed by atoms with Crippen molar-refractivity contribution in [1.29, 1.82) is 0 Å². The third-order valence-corrected chi connectivity index (χ3v) is 5.74.